The number of ketones is 2. The van der Waals surface area contributed by atoms with E-state index in [1.807, 2.05) is 0 Å². The summed E-state index contributed by atoms with van der Waals surface area (Å²) in [5.74, 6) is -0.538. The van der Waals surface area contributed by atoms with Crippen molar-refractivity contribution in [2.75, 3.05) is 0 Å². The van der Waals surface area contributed by atoms with Crippen LogP contribution in [0.3, 0.4) is 0 Å². The Labute approximate surface area is 221 Å². The van der Waals surface area contributed by atoms with Gasteiger partial charge in [-0.1, -0.05) is 36.4 Å². The molecule has 2 aliphatic rings. The molecule has 0 spiro atoms. The minimum atomic E-state index is -4.67. The number of nitrogens with zero attached hydrogens (tertiary/aromatic N) is 4. The van der Waals surface area contributed by atoms with Crippen molar-refractivity contribution in [3.8, 4) is 0 Å². The Kier molecular flexibility index (Phi) is 7.67. The highest BCUT2D eigenvalue weighted by atomic mass is 32.3. The van der Waals surface area contributed by atoms with Gasteiger partial charge in [0.1, 0.15) is 22.5 Å². The second kappa shape index (κ2) is 11.1. The van der Waals surface area contributed by atoms with E-state index >= 15 is 0 Å². The molecule has 2 aromatic carbocycles. The van der Waals surface area contributed by atoms with Crippen LogP contribution < -0.4 is 0 Å². The summed E-state index contributed by atoms with van der Waals surface area (Å²) < 4.78 is 32.9. The first-order valence-electron chi connectivity index (χ1n) is 11.1. The third kappa shape index (κ3) is 5.91. The van der Waals surface area contributed by atoms with E-state index in [9.17, 15) is 20.0 Å². The maximum Gasteiger partial charge on any atom is 0.394 e. The summed E-state index contributed by atoms with van der Waals surface area (Å²) in [6.07, 6.45) is 3.12. The lowest BCUT2D eigenvalue weighted by atomic mass is 10.1. The Morgan fingerprint density at radius 3 is 1.23 bits per heavy atom. The van der Waals surface area contributed by atoms with Gasteiger partial charge in [0.05, 0.1) is 0 Å². The van der Waals surface area contributed by atoms with E-state index in [2.05, 4.69) is 9.97 Å². The molecule has 0 radical (unpaired) electrons. The molecule has 4 aromatic rings. The third-order valence-corrected chi connectivity index (χ3v) is 5.39. The average molecular weight is 547 g/mol. The summed E-state index contributed by atoms with van der Waals surface area (Å²) >= 11 is 0. The van der Waals surface area contributed by atoms with E-state index in [1.54, 1.807) is 97.3 Å². The molecule has 0 aliphatic carbocycles. The van der Waals surface area contributed by atoms with Crippen LogP contribution in [0.5, 0.6) is 0 Å². The van der Waals surface area contributed by atoms with Crippen molar-refractivity contribution in [1.29, 1.82) is 0 Å². The van der Waals surface area contributed by atoms with Gasteiger partial charge in [0.15, 0.2) is 0 Å². The predicted molar refractivity (Wildman–Crippen MR) is 139 cm³/mol. The number of carbonyl (C=O) groups excluding carboxylic acids is 2. The van der Waals surface area contributed by atoms with E-state index in [-0.39, 0.29) is 23.0 Å². The Morgan fingerprint density at radius 1 is 0.590 bits per heavy atom. The molecule has 0 unspecified atom stereocenters. The van der Waals surface area contributed by atoms with Crippen molar-refractivity contribution in [1.82, 2.24) is 9.97 Å². The summed E-state index contributed by atoms with van der Waals surface area (Å²) in [6.45, 7) is 0. The van der Waals surface area contributed by atoms with Crippen LogP contribution in [-0.2, 0) is 10.4 Å². The van der Waals surface area contributed by atoms with Gasteiger partial charge in [-0.3, -0.25) is 18.7 Å². The second-order valence-corrected chi connectivity index (χ2v) is 8.75. The molecule has 0 saturated carbocycles. The zero-order valence-corrected chi connectivity index (χ0v) is 20.6. The van der Waals surface area contributed by atoms with Gasteiger partial charge >= 0.3 is 10.4 Å². The number of fused-ring (bicyclic) bond motifs is 2. The highest BCUT2D eigenvalue weighted by Gasteiger charge is 2.37. The Balaban J connectivity index is 0.000000155. The van der Waals surface area contributed by atoms with Crippen LogP contribution in [0.1, 0.15) is 32.1 Å². The number of aromatic nitrogens is 2. The van der Waals surface area contributed by atoms with Crippen LogP contribution in [0.15, 0.2) is 97.3 Å². The number of Topliss-reactive ketones (excluding diaryl/α,β-unsaturated/α-hetero) is 2. The summed E-state index contributed by atoms with van der Waals surface area (Å²) in [4.78, 5) is 32.3. The molecule has 2 aliphatic heterocycles. The van der Waals surface area contributed by atoms with Gasteiger partial charge < -0.3 is 10.4 Å². The normalized spacial score (nSPS) is 13.7. The molecule has 2 N–H and O–H groups in total. The number of rotatable bonds is 2. The quantitative estimate of drug-likeness (QED) is 0.215. The van der Waals surface area contributed by atoms with Gasteiger partial charge in [0.2, 0.25) is 11.4 Å². The molecule has 39 heavy (non-hydrogen) atoms. The van der Waals surface area contributed by atoms with Gasteiger partial charge in [-0.15, -0.1) is 0 Å². The van der Waals surface area contributed by atoms with Crippen LogP contribution in [0.2, 0.25) is 0 Å². The number of hydrogen-bond donors (Lipinski definition) is 2. The SMILES string of the molecule is O=C1C(c2ccccn2)=[N+]([O-])c2ccccc21.O=C1C(c2ccccn2)=[N+]([O-])c2ccccc21.O=S(=O)(O)O. The number of carbonyl (C=O) groups is 2. The van der Waals surface area contributed by atoms with Crippen LogP contribution in [-0.4, -0.2) is 60.0 Å². The van der Waals surface area contributed by atoms with Gasteiger partial charge in [-0.05, 0) is 36.4 Å². The highest BCUT2D eigenvalue weighted by molar-refractivity contribution is 7.79. The number of pyridine rings is 2. The van der Waals surface area contributed by atoms with Crippen molar-refractivity contribution in [3.63, 3.8) is 0 Å². The summed E-state index contributed by atoms with van der Waals surface area (Å²) in [5.41, 5.74) is 2.63. The predicted octanol–water partition coefficient (Wildman–Crippen LogP) is 3.17. The number of hydrogen-bond acceptors (Lipinski definition) is 8. The number of para-hydroxylation sites is 2. The van der Waals surface area contributed by atoms with Crippen molar-refractivity contribution in [2.24, 2.45) is 0 Å². The molecule has 0 bridgehead atoms. The van der Waals surface area contributed by atoms with Crippen molar-refractivity contribution in [2.45, 2.75) is 0 Å². The first-order chi connectivity index (χ1) is 18.6. The lowest BCUT2D eigenvalue weighted by Crippen LogP contribution is -2.17. The smallest absolute Gasteiger partial charge is 0.394 e. The standard InChI is InChI=1S/2C13H8N2O2.H2O4S/c2*16-13-9-5-1-2-7-11(9)15(17)12(13)10-6-3-4-8-14-10;1-5(2,3)4/h2*1-8H;(H2,1,2,3,4). The third-order valence-electron chi connectivity index (χ3n) is 5.39. The zero-order valence-electron chi connectivity index (χ0n) is 19.8. The summed E-state index contributed by atoms with van der Waals surface area (Å²) in [7, 11) is -4.67. The fourth-order valence-electron chi connectivity index (χ4n) is 3.81. The van der Waals surface area contributed by atoms with E-state index < -0.39 is 10.4 Å². The molecule has 0 amide bonds. The Morgan fingerprint density at radius 2 is 0.923 bits per heavy atom. The van der Waals surface area contributed by atoms with Crippen LogP contribution in [0.4, 0.5) is 11.4 Å². The van der Waals surface area contributed by atoms with Crippen LogP contribution >= 0.6 is 0 Å². The fraction of sp³-hybridized carbons (Fsp3) is 0. The molecule has 0 atom stereocenters. The molecule has 2 aromatic heterocycles. The largest absolute Gasteiger partial charge is 0.618 e. The van der Waals surface area contributed by atoms with Crippen molar-refractivity contribution in [3.05, 3.63) is 130 Å². The summed E-state index contributed by atoms with van der Waals surface area (Å²) in [5, 5.41) is 24.1. The lowest BCUT2D eigenvalue weighted by molar-refractivity contribution is -0.355. The zero-order chi connectivity index (χ0) is 28.2. The van der Waals surface area contributed by atoms with Crippen LogP contribution in [0.25, 0.3) is 0 Å². The molecular weight excluding hydrogens is 528 g/mol. The molecule has 13 heteroatoms. The molecular formula is C26H18N4O8S. The second-order valence-electron chi connectivity index (χ2n) is 7.86. The molecule has 12 nitrogen and oxygen atoms in total. The van der Waals surface area contributed by atoms with E-state index in [0.29, 0.717) is 43.4 Å². The van der Waals surface area contributed by atoms with Gasteiger partial charge in [0, 0.05) is 24.5 Å². The van der Waals surface area contributed by atoms with Crippen LogP contribution in [0, 0.1) is 10.4 Å². The maximum atomic E-state index is 12.1. The van der Waals surface area contributed by atoms with Crippen molar-refractivity contribution < 1.29 is 36.6 Å². The monoisotopic (exact) mass is 546 g/mol. The topological polar surface area (TPSA) is 187 Å². The summed E-state index contributed by atoms with van der Waals surface area (Å²) in [6, 6.07) is 23.8. The molecule has 0 saturated heterocycles. The molecule has 4 heterocycles. The molecule has 6 rings (SSSR count). The minimum absolute atomic E-state index is 0.0896. The van der Waals surface area contributed by atoms with Crippen molar-refractivity contribution >= 4 is 44.8 Å². The lowest BCUT2D eigenvalue weighted by Gasteiger charge is -2.00. The minimum Gasteiger partial charge on any atom is -0.618 e. The highest BCUT2D eigenvalue weighted by Crippen LogP contribution is 2.28. The molecule has 0 fully saturated rings. The van der Waals surface area contributed by atoms with E-state index in [4.69, 9.17) is 17.5 Å². The van der Waals surface area contributed by atoms with Gasteiger partial charge in [-0.25, -0.2) is 9.97 Å². The van der Waals surface area contributed by atoms with E-state index in [0.717, 1.165) is 0 Å². The number of benzene rings is 2. The fourth-order valence-corrected chi connectivity index (χ4v) is 3.81. The molecule has 196 valence electrons. The maximum absolute atomic E-state index is 12.1. The Bertz CT molecular complexity index is 1620. The average Bonchev–Trinajstić information content (AvgIpc) is 3.34. The van der Waals surface area contributed by atoms with Gasteiger partial charge in [0.25, 0.3) is 23.0 Å². The van der Waals surface area contributed by atoms with E-state index in [1.165, 1.54) is 0 Å². The van der Waals surface area contributed by atoms with Gasteiger partial charge in [-0.2, -0.15) is 17.9 Å². The first-order valence-corrected chi connectivity index (χ1v) is 12.5. The first kappa shape index (κ1) is 26.9. The Hall–Kier alpha value is -5.11.